The fraction of sp³-hybridized carbons (Fsp3) is 0.444. The summed E-state index contributed by atoms with van der Waals surface area (Å²) in [5, 5.41) is 17.9. The van der Waals surface area contributed by atoms with E-state index in [1.807, 2.05) is 0 Å². The molecule has 2 rings (SSSR count). The van der Waals surface area contributed by atoms with Gasteiger partial charge >= 0.3 is 5.00 Å². The molecule has 16 heavy (non-hydrogen) atoms. The highest BCUT2D eigenvalue weighted by molar-refractivity contribution is 7.13. The van der Waals surface area contributed by atoms with Crippen molar-refractivity contribution in [3.8, 4) is 0 Å². The normalized spacial score (nSPS) is 19.6. The molecule has 1 saturated heterocycles. The van der Waals surface area contributed by atoms with Gasteiger partial charge in [-0.1, -0.05) is 11.3 Å². The number of carbonyl (C=O) groups is 1. The maximum atomic E-state index is 11.7. The monoisotopic (exact) mass is 241 g/mol. The molecule has 0 spiro atoms. The molecule has 0 bridgehead atoms. The molecule has 0 unspecified atom stereocenters. The third-order valence-electron chi connectivity index (χ3n) is 2.42. The second kappa shape index (κ2) is 4.58. The first-order chi connectivity index (χ1) is 7.66. The third kappa shape index (κ3) is 2.37. The third-order valence-corrected chi connectivity index (χ3v) is 3.30. The van der Waals surface area contributed by atoms with E-state index in [0.29, 0.717) is 5.56 Å². The van der Waals surface area contributed by atoms with Crippen molar-refractivity contribution < 1.29 is 9.72 Å². The molecular weight excluding hydrogens is 230 g/mol. The predicted molar refractivity (Wildman–Crippen MR) is 59.7 cm³/mol. The zero-order valence-corrected chi connectivity index (χ0v) is 9.25. The number of hydrogen-bond acceptors (Lipinski definition) is 5. The van der Waals surface area contributed by atoms with Gasteiger partial charge in [-0.2, -0.15) is 0 Å². The maximum absolute atomic E-state index is 11.7. The molecule has 86 valence electrons. The van der Waals surface area contributed by atoms with Gasteiger partial charge in [0.25, 0.3) is 5.91 Å². The molecule has 2 heterocycles. The van der Waals surface area contributed by atoms with Crippen molar-refractivity contribution in [1.82, 2.24) is 10.6 Å². The van der Waals surface area contributed by atoms with E-state index in [4.69, 9.17) is 0 Å². The van der Waals surface area contributed by atoms with E-state index >= 15 is 0 Å². The number of nitro groups is 1. The van der Waals surface area contributed by atoms with Crippen molar-refractivity contribution in [3.05, 3.63) is 27.1 Å². The van der Waals surface area contributed by atoms with E-state index < -0.39 is 4.92 Å². The molecule has 1 fully saturated rings. The zero-order valence-electron chi connectivity index (χ0n) is 8.43. The Kier molecular flexibility index (Phi) is 3.16. The topological polar surface area (TPSA) is 84.3 Å². The molecule has 1 atom stereocenters. The number of nitrogens with one attached hydrogen (secondary N) is 2. The zero-order chi connectivity index (χ0) is 11.5. The highest BCUT2D eigenvalue weighted by atomic mass is 32.1. The van der Waals surface area contributed by atoms with Crippen molar-refractivity contribution in [3.63, 3.8) is 0 Å². The highest BCUT2D eigenvalue weighted by Gasteiger charge is 2.20. The molecular formula is C9H11N3O3S. The average molecular weight is 241 g/mol. The second-order valence-corrected chi connectivity index (χ2v) is 4.48. The summed E-state index contributed by atoms with van der Waals surface area (Å²) in [4.78, 5) is 21.6. The van der Waals surface area contributed by atoms with Gasteiger partial charge in [-0.25, -0.2) is 0 Å². The van der Waals surface area contributed by atoms with Crippen LogP contribution in [0, 0.1) is 10.1 Å². The van der Waals surface area contributed by atoms with Crippen molar-refractivity contribution >= 4 is 22.2 Å². The SMILES string of the molecule is O=C(N[C@@H]1CCNC1)c1csc([N+](=O)[O-])c1. The predicted octanol–water partition coefficient (Wildman–Crippen LogP) is 0.748. The first kappa shape index (κ1) is 11.0. The number of thiophene rings is 1. The van der Waals surface area contributed by atoms with Crippen molar-refractivity contribution in [2.24, 2.45) is 0 Å². The van der Waals surface area contributed by atoms with Crippen molar-refractivity contribution in [2.75, 3.05) is 13.1 Å². The van der Waals surface area contributed by atoms with Crippen LogP contribution in [0.1, 0.15) is 16.8 Å². The van der Waals surface area contributed by atoms with Crippen LogP contribution >= 0.6 is 11.3 Å². The van der Waals surface area contributed by atoms with Gasteiger partial charge in [0.2, 0.25) is 0 Å². The number of hydrogen-bond donors (Lipinski definition) is 2. The fourth-order valence-electron chi connectivity index (χ4n) is 1.59. The number of rotatable bonds is 3. The van der Waals surface area contributed by atoms with Gasteiger partial charge in [0.05, 0.1) is 10.5 Å². The molecule has 0 saturated carbocycles. The molecule has 6 nitrogen and oxygen atoms in total. The fourth-order valence-corrected chi connectivity index (χ4v) is 2.29. The summed E-state index contributed by atoms with van der Waals surface area (Å²) in [6.45, 7) is 1.66. The minimum absolute atomic E-state index is 0.00491. The summed E-state index contributed by atoms with van der Waals surface area (Å²) < 4.78 is 0. The number of carbonyl (C=O) groups excluding carboxylic acids is 1. The van der Waals surface area contributed by atoms with Gasteiger partial charge in [-0.15, -0.1) is 0 Å². The standard InChI is InChI=1S/C9H11N3O3S/c13-9(11-7-1-2-10-4-7)6-3-8(12(14)15)16-5-6/h3,5,7,10H,1-2,4H2,(H,11,13)/t7-/m1/s1. The van der Waals surface area contributed by atoms with Gasteiger partial charge in [0.1, 0.15) is 0 Å². The number of nitrogens with zero attached hydrogens (tertiary/aromatic N) is 1. The van der Waals surface area contributed by atoms with Gasteiger partial charge < -0.3 is 10.6 Å². The van der Waals surface area contributed by atoms with E-state index in [2.05, 4.69) is 10.6 Å². The lowest BCUT2D eigenvalue weighted by Crippen LogP contribution is -2.35. The summed E-state index contributed by atoms with van der Waals surface area (Å²) in [6.07, 6.45) is 0.901. The molecule has 0 aliphatic carbocycles. The van der Waals surface area contributed by atoms with E-state index in [1.165, 1.54) is 11.4 Å². The molecule has 0 aromatic carbocycles. The van der Waals surface area contributed by atoms with Crippen LogP contribution in [0.5, 0.6) is 0 Å². The first-order valence-electron chi connectivity index (χ1n) is 4.91. The van der Waals surface area contributed by atoms with Gasteiger partial charge in [-0.05, 0) is 13.0 Å². The molecule has 1 amide bonds. The van der Waals surface area contributed by atoms with Crippen LogP contribution in [0.2, 0.25) is 0 Å². The van der Waals surface area contributed by atoms with Gasteiger partial charge in [-0.3, -0.25) is 14.9 Å². The van der Waals surface area contributed by atoms with Crippen molar-refractivity contribution in [1.29, 1.82) is 0 Å². The van der Waals surface area contributed by atoms with E-state index in [9.17, 15) is 14.9 Å². The van der Waals surface area contributed by atoms with E-state index in [1.54, 1.807) is 0 Å². The second-order valence-electron chi connectivity index (χ2n) is 3.59. The van der Waals surface area contributed by atoms with E-state index in [0.717, 1.165) is 30.8 Å². The lowest BCUT2D eigenvalue weighted by molar-refractivity contribution is -0.380. The summed E-state index contributed by atoms with van der Waals surface area (Å²) >= 11 is 0.968. The minimum Gasteiger partial charge on any atom is -0.348 e. The summed E-state index contributed by atoms with van der Waals surface area (Å²) in [7, 11) is 0. The molecule has 2 N–H and O–H groups in total. The molecule has 1 aromatic heterocycles. The molecule has 0 radical (unpaired) electrons. The Morgan fingerprint density at radius 1 is 1.69 bits per heavy atom. The maximum Gasteiger partial charge on any atom is 0.324 e. The van der Waals surface area contributed by atoms with Crippen LogP contribution in [0.4, 0.5) is 5.00 Å². The van der Waals surface area contributed by atoms with Crippen LogP contribution in [0.25, 0.3) is 0 Å². The Morgan fingerprint density at radius 3 is 3.06 bits per heavy atom. The minimum atomic E-state index is -0.488. The Balaban J connectivity index is 1.99. The van der Waals surface area contributed by atoms with Crippen LogP contribution in [0.3, 0.4) is 0 Å². The molecule has 1 aromatic rings. The smallest absolute Gasteiger partial charge is 0.324 e. The van der Waals surface area contributed by atoms with Gasteiger partial charge in [0, 0.05) is 24.0 Å². The Bertz CT molecular complexity index is 412. The van der Waals surface area contributed by atoms with E-state index in [-0.39, 0.29) is 17.0 Å². The van der Waals surface area contributed by atoms with Gasteiger partial charge in [0.15, 0.2) is 0 Å². The summed E-state index contributed by atoms with van der Waals surface area (Å²) in [5.41, 5.74) is 0.364. The van der Waals surface area contributed by atoms with Crippen molar-refractivity contribution in [2.45, 2.75) is 12.5 Å². The molecule has 1 aliphatic rings. The highest BCUT2D eigenvalue weighted by Crippen LogP contribution is 2.22. The Labute approximate surface area is 95.8 Å². The van der Waals surface area contributed by atoms with Crippen LogP contribution < -0.4 is 10.6 Å². The lowest BCUT2D eigenvalue weighted by Gasteiger charge is -2.09. The largest absolute Gasteiger partial charge is 0.348 e. The summed E-state index contributed by atoms with van der Waals surface area (Å²) in [6, 6.07) is 1.44. The quantitative estimate of drug-likeness (QED) is 0.604. The summed E-state index contributed by atoms with van der Waals surface area (Å²) in [5.74, 6) is -0.238. The molecule has 1 aliphatic heterocycles. The Hall–Kier alpha value is -1.47. The lowest BCUT2D eigenvalue weighted by atomic mass is 10.2. The Morgan fingerprint density at radius 2 is 2.50 bits per heavy atom. The molecule has 7 heteroatoms. The van der Waals surface area contributed by atoms with Crippen LogP contribution in [0.15, 0.2) is 11.4 Å². The van der Waals surface area contributed by atoms with Crippen LogP contribution in [-0.2, 0) is 0 Å². The number of amides is 1. The van der Waals surface area contributed by atoms with Crippen LogP contribution in [-0.4, -0.2) is 30.0 Å². The average Bonchev–Trinajstić information content (AvgIpc) is 2.86. The first-order valence-corrected chi connectivity index (χ1v) is 5.79.